The summed E-state index contributed by atoms with van der Waals surface area (Å²) in [4.78, 5) is 40.4. The van der Waals surface area contributed by atoms with Crippen molar-refractivity contribution in [2.75, 3.05) is 42.7 Å². The van der Waals surface area contributed by atoms with E-state index in [-0.39, 0.29) is 34.1 Å². The molecule has 10 rings (SSSR count). The van der Waals surface area contributed by atoms with Crippen LogP contribution in [0.15, 0.2) is 212 Å². The molecule has 12 nitrogen and oxygen atoms in total. The fourth-order valence-electron chi connectivity index (χ4n) is 8.88. The van der Waals surface area contributed by atoms with Gasteiger partial charge in [0.1, 0.15) is 34.1 Å². The maximum Gasteiger partial charge on any atom is 0.415 e. The molecule has 0 saturated carbocycles. The van der Waals surface area contributed by atoms with E-state index in [1.807, 2.05) is 152 Å². The molecule has 77 heavy (non-hydrogen) atoms. The fourth-order valence-corrected chi connectivity index (χ4v) is 12.7. The SMILES string of the molecule is COc1cc2ccccc2c(OC)c1C(=O)OC(=O)c1c(OC)cc2ccccc2c1OC.COc1cccc(P(=O)(C(=O)c2cccc3ccccc23)c2ccccc2)c1OC.O=[P+](c1ccccc1)c1ccccc1. The first-order chi connectivity index (χ1) is 37.5. The van der Waals surface area contributed by atoms with Crippen LogP contribution >= 0.6 is 14.9 Å². The summed E-state index contributed by atoms with van der Waals surface area (Å²) in [5, 5.41) is 7.22. The molecule has 0 aromatic heterocycles. The Balaban J connectivity index is 0.000000164. The van der Waals surface area contributed by atoms with Gasteiger partial charge in [0, 0.05) is 21.6 Å². The average Bonchev–Trinajstić information content (AvgIpc) is 3.50. The van der Waals surface area contributed by atoms with Gasteiger partial charge >= 0.3 is 19.7 Å². The van der Waals surface area contributed by atoms with Crippen molar-refractivity contribution in [3.8, 4) is 34.5 Å². The molecule has 14 heteroatoms. The van der Waals surface area contributed by atoms with Gasteiger partial charge in [-0.15, -0.1) is 0 Å². The summed E-state index contributed by atoms with van der Waals surface area (Å²) in [5.74, 6) is -0.159. The molecule has 0 fully saturated rings. The third-order valence-electron chi connectivity index (χ3n) is 12.5. The first kappa shape index (κ1) is 54.2. The molecule has 10 aromatic rings. The third kappa shape index (κ3) is 11.3. The number of para-hydroxylation sites is 1. The lowest BCUT2D eigenvalue weighted by atomic mass is 10.0. The molecule has 10 aromatic carbocycles. The topological polar surface area (TPSA) is 150 Å². The summed E-state index contributed by atoms with van der Waals surface area (Å²) in [5.41, 5.74) is -0.00115. The Morgan fingerprint density at radius 3 is 1.26 bits per heavy atom. The highest BCUT2D eigenvalue weighted by Gasteiger charge is 2.40. The van der Waals surface area contributed by atoms with Crippen LogP contribution in [0.4, 0.5) is 0 Å². The molecular weight excluding hydrogens is 1010 g/mol. The predicted molar refractivity (Wildman–Crippen MR) is 305 cm³/mol. The normalized spacial score (nSPS) is 11.4. The minimum absolute atomic E-state index is 0.00535. The highest BCUT2D eigenvalue weighted by Crippen LogP contribution is 2.51. The highest BCUT2D eigenvalue weighted by molar-refractivity contribution is 7.93. The van der Waals surface area contributed by atoms with E-state index in [1.54, 1.807) is 60.7 Å². The summed E-state index contributed by atoms with van der Waals surface area (Å²) in [6, 6.07) is 64.2. The first-order valence-corrected chi connectivity index (χ1v) is 27.0. The van der Waals surface area contributed by atoms with Gasteiger partial charge in [-0.3, -0.25) is 4.79 Å². The summed E-state index contributed by atoms with van der Waals surface area (Å²) >= 11 is 0. The molecule has 0 amide bonds. The van der Waals surface area contributed by atoms with Gasteiger partial charge in [-0.2, -0.15) is 0 Å². The van der Waals surface area contributed by atoms with E-state index in [0.29, 0.717) is 38.4 Å². The summed E-state index contributed by atoms with van der Waals surface area (Å²) in [7, 11) is 3.54. The smallest absolute Gasteiger partial charge is 0.415 e. The minimum Gasteiger partial charge on any atom is -0.496 e. The molecular formula is C63H53O12P2+. The van der Waals surface area contributed by atoms with Crippen molar-refractivity contribution in [2.24, 2.45) is 0 Å². The zero-order chi connectivity index (χ0) is 54.5. The van der Waals surface area contributed by atoms with Crippen LogP contribution in [0.1, 0.15) is 31.1 Å². The summed E-state index contributed by atoms with van der Waals surface area (Å²) in [6.07, 6.45) is 0. The number of hydrogen-bond donors (Lipinski definition) is 0. The molecule has 0 heterocycles. The van der Waals surface area contributed by atoms with E-state index in [4.69, 9.17) is 33.2 Å². The van der Waals surface area contributed by atoms with E-state index < -0.39 is 32.4 Å². The quantitative estimate of drug-likeness (QED) is 0.0579. The van der Waals surface area contributed by atoms with Crippen LogP contribution in [-0.4, -0.2) is 60.1 Å². The van der Waals surface area contributed by atoms with Gasteiger partial charge in [0.15, 0.2) is 22.1 Å². The number of carbonyl (C=O) groups is 3. The Labute approximate surface area is 446 Å². The Bertz CT molecular complexity index is 3660. The van der Waals surface area contributed by atoms with Crippen LogP contribution in [0.2, 0.25) is 0 Å². The number of ether oxygens (including phenoxy) is 7. The van der Waals surface area contributed by atoms with Crippen molar-refractivity contribution in [1.82, 2.24) is 0 Å². The monoisotopic (exact) mass is 1060 g/mol. The second-order valence-electron chi connectivity index (χ2n) is 16.8. The van der Waals surface area contributed by atoms with Crippen molar-refractivity contribution >= 4 is 85.9 Å². The molecule has 0 bridgehead atoms. The van der Waals surface area contributed by atoms with Crippen LogP contribution in [0.25, 0.3) is 32.3 Å². The molecule has 0 aliphatic rings. The van der Waals surface area contributed by atoms with Gasteiger partial charge in [0.05, 0.1) is 48.0 Å². The molecule has 1 unspecified atom stereocenters. The van der Waals surface area contributed by atoms with E-state index in [1.165, 1.54) is 42.7 Å². The number of carbonyl (C=O) groups excluding carboxylic acids is 3. The van der Waals surface area contributed by atoms with Crippen molar-refractivity contribution in [1.29, 1.82) is 0 Å². The first-order valence-electron chi connectivity index (χ1n) is 24.0. The molecule has 0 aliphatic carbocycles. The lowest BCUT2D eigenvalue weighted by molar-refractivity contribution is 0.0390. The van der Waals surface area contributed by atoms with Crippen molar-refractivity contribution < 1.29 is 56.7 Å². The van der Waals surface area contributed by atoms with Crippen LogP contribution in [0.3, 0.4) is 0 Å². The van der Waals surface area contributed by atoms with Crippen molar-refractivity contribution in [2.45, 2.75) is 0 Å². The number of benzene rings is 10. The largest absolute Gasteiger partial charge is 0.496 e. The maximum absolute atomic E-state index is 14.7. The second-order valence-corrected chi connectivity index (χ2v) is 21.1. The number of hydrogen-bond acceptors (Lipinski definition) is 12. The Morgan fingerprint density at radius 2 is 0.792 bits per heavy atom. The van der Waals surface area contributed by atoms with E-state index in [9.17, 15) is 23.5 Å². The van der Waals surface area contributed by atoms with Crippen LogP contribution in [0, 0.1) is 0 Å². The molecule has 0 aliphatic heterocycles. The van der Waals surface area contributed by atoms with Gasteiger partial charge in [0.25, 0.3) is 0 Å². The van der Waals surface area contributed by atoms with Crippen LogP contribution < -0.4 is 49.6 Å². The van der Waals surface area contributed by atoms with Crippen LogP contribution in [0.5, 0.6) is 34.5 Å². The number of methoxy groups -OCH3 is 6. The lowest BCUT2D eigenvalue weighted by Crippen LogP contribution is -2.24. The van der Waals surface area contributed by atoms with Gasteiger partial charge in [0.2, 0.25) is 12.7 Å². The van der Waals surface area contributed by atoms with Gasteiger partial charge in [-0.05, 0) is 70.1 Å². The molecule has 0 saturated heterocycles. The Hall–Kier alpha value is -9.08. The lowest BCUT2D eigenvalue weighted by Gasteiger charge is -2.22. The van der Waals surface area contributed by atoms with Gasteiger partial charge in [-0.1, -0.05) is 168 Å². The predicted octanol–water partition coefficient (Wildman–Crippen LogP) is 12.5. The van der Waals surface area contributed by atoms with E-state index in [0.717, 1.165) is 32.2 Å². The Morgan fingerprint density at radius 1 is 0.390 bits per heavy atom. The van der Waals surface area contributed by atoms with Gasteiger partial charge < -0.3 is 37.7 Å². The molecule has 1 atom stereocenters. The minimum atomic E-state index is -3.78. The molecule has 386 valence electrons. The van der Waals surface area contributed by atoms with Crippen LogP contribution in [-0.2, 0) is 13.9 Å². The molecule has 0 N–H and O–H groups in total. The van der Waals surface area contributed by atoms with E-state index in [2.05, 4.69) is 0 Å². The highest BCUT2D eigenvalue weighted by atomic mass is 31.2. The third-order valence-corrected chi connectivity index (χ3v) is 16.9. The zero-order valence-corrected chi connectivity index (χ0v) is 44.8. The standard InChI is InChI=1S/C26H22O7.C25H21O4P.C12H10OP/c1-29-19-13-15-9-5-7-11-17(15)23(31-3)21(19)25(27)33-26(28)22-20(30-2)14-16-10-6-8-12-18(16)24(22)32-4;1-28-22-16-9-17-23(24(22)29-2)30(27,19-12-4-3-5-13-19)25(26)21-15-8-11-18-10-6-7-14-20(18)21;13-14(11-7-3-1-4-8-11)12-9-5-2-6-10-12/h5-14H,1-4H3;3-17H,1-2H3;1-10H/q;;+1. The average molecular weight is 1060 g/mol. The number of rotatable bonds is 14. The molecule has 0 radical (unpaired) electrons. The Kier molecular flexibility index (Phi) is 17.6. The van der Waals surface area contributed by atoms with Gasteiger partial charge in [-0.25, -0.2) is 9.59 Å². The van der Waals surface area contributed by atoms with Crippen molar-refractivity contribution in [3.63, 3.8) is 0 Å². The summed E-state index contributed by atoms with van der Waals surface area (Å²) in [6.45, 7) is 0. The fraction of sp³-hybridized carbons (Fsp3) is 0.0952. The molecule has 0 spiro atoms. The van der Waals surface area contributed by atoms with E-state index >= 15 is 0 Å². The maximum atomic E-state index is 14.7. The number of fused-ring (bicyclic) bond motifs is 3. The second kappa shape index (κ2) is 25.0. The van der Waals surface area contributed by atoms with Crippen molar-refractivity contribution in [3.05, 3.63) is 229 Å². The zero-order valence-electron chi connectivity index (χ0n) is 43.0. The summed E-state index contributed by atoms with van der Waals surface area (Å²) < 4.78 is 64.8. The number of esters is 2.